The van der Waals surface area contributed by atoms with E-state index >= 15 is 0 Å². The maximum absolute atomic E-state index is 6.05. The number of benzene rings is 1. The molecule has 0 aliphatic carbocycles. The molecule has 0 saturated carbocycles. The molecule has 1 aromatic rings. The largest absolute Gasteiger partial charge is 0.488 e. The van der Waals surface area contributed by atoms with Gasteiger partial charge in [0.15, 0.2) is 5.96 Å². The Morgan fingerprint density at radius 1 is 1.50 bits per heavy atom. The van der Waals surface area contributed by atoms with Crippen molar-refractivity contribution >= 4 is 29.9 Å². The van der Waals surface area contributed by atoms with Gasteiger partial charge >= 0.3 is 0 Å². The van der Waals surface area contributed by atoms with Gasteiger partial charge in [0.05, 0.1) is 19.8 Å². The maximum Gasteiger partial charge on any atom is 0.188 e. The minimum Gasteiger partial charge on any atom is -0.488 e. The number of ether oxygens (including phenoxy) is 2. The van der Waals surface area contributed by atoms with Gasteiger partial charge in [0.25, 0.3) is 0 Å². The molecule has 1 atom stereocenters. The molecule has 0 spiro atoms. The summed E-state index contributed by atoms with van der Waals surface area (Å²) in [6.45, 7) is 6.95. The number of hydrogen-bond acceptors (Lipinski definition) is 3. The zero-order valence-electron chi connectivity index (χ0n) is 13.3. The Balaban J connectivity index is 0.00000242. The number of hydrogen-bond donors (Lipinski definition) is 2. The summed E-state index contributed by atoms with van der Waals surface area (Å²) in [5, 5.41) is 3.07. The molecule has 1 unspecified atom stereocenters. The van der Waals surface area contributed by atoms with E-state index in [4.69, 9.17) is 15.2 Å². The number of halogens is 1. The molecule has 0 amide bonds. The Labute approximate surface area is 149 Å². The second-order valence-corrected chi connectivity index (χ2v) is 5.34. The molecule has 0 radical (unpaired) electrons. The van der Waals surface area contributed by atoms with Gasteiger partial charge < -0.3 is 20.5 Å². The topological polar surface area (TPSA) is 68.9 Å². The Morgan fingerprint density at radius 2 is 2.32 bits per heavy atom. The van der Waals surface area contributed by atoms with Crippen LogP contribution in [0, 0.1) is 6.92 Å². The van der Waals surface area contributed by atoms with Crippen LogP contribution in [-0.2, 0) is 11.3 Å². The van der Waals surface area contributed by atoms with E-state index in [1.807, 2.05) is 0 Å². The van der Waals surface area contributed by atoms with Gasteiger partial charge in [-0.25, -0.2) is 4.99 Å². The average Bonchev–Trinajstić information content (AvgIpc) is 2.97. The van der Waals surface area contributed by atoms with E-state index in [-0.39, 0.29) is 30.1 Å². The monoisotopic (exact) mass is 419 g/mol. The van der Waals surface area contributed by atoms with Gasteiger partial charge in [0.2, 0.25) is 0 Å². The van der Waals surface area contributed by atoms with Crippen molar-refractivity contribution in [1.82, 2.24) is 5.32 Å². The molecule has 124 valence electrons. The molecular weight excluding hydrogens is 393 g/mol. The standard InChI is InChI=1S/C16H25N3O2.HI/c1-3-7-18-16(17)19-10-13-5-4-12(2)9-15(13)21-14-6-8-20-11-14;/h4-5,9,14H,3,6-8,10-11H2,1-2H3,(H3,17,18,19);1H. The first-order valence-corrected chi connectivity index (χ1v) is 7.56. The number of aryl methyl sites for hydroxylation is 1. The van der Waals surface area contributed by atoms with E-state index in [1.54, 1.807) is 0 Å². The quantitative estimate of drug-likeness (QED) is 0.423. The van der Waals surface area contributed by atoms with Crippen LogP contribution < -0.4 is 15.8 Å². The molecule has 0 bridgehead atoms. The third-order valence-corrected chi connectivity index (χ3v) is 3.38. The van der Waals surface area contributed by atoms with Gasteiger partial charge in [-0.2, -0.15) is 0 Å². The summed E-state index contributed by atoms with van der Waals surface area (Å²) in [6.07, 6.45) is 2.11. The van der Waals surface area contributed by atoms with Crippen molar-refractivity contribution in [2.24, 2.45) is 10.7 Å². The highest BCUT2D eigenvalue weighted by Crippen LogP contribution is 2.24. The molecule has 1 fully saturated rings. The highest BCUT2D eigenvalue weighted by atomic mass is 127. The lowest BCUT2D eigenvalue weighted by atomic mass is 10.1. The van der Waals surface area contributed by atoms with E-state index in [2.05, 4.69) is 42.4 Å². The summed E-state index contributed by atoms with van der Waals surface area (Å²) in [5.74, 6) is 1.37. The molecule has 5 nitrogen and oxygen atoms in total. The van der Waals surface area contributed by atoms with Crippen LogP contribution in [0.25, 0.3) is 0 Å². The van der Waals surface area contributed by atoms with Crippen molar-refractivity contribution in [3.63, 3.8) is 0 Å². The van der Waals surface area contributed by atoms with Crippen molar-refractivity contribution < 1.29 is 9.47 Å². The van der Waals surface area contributed by atoms with Crippen molar-refractivity contribution in [2.45, 2.75) is 39.3 Å². The van der Waals surface area contributed by atoms with E-state index in [1.165, 1.54) is 5.56 Å². The third kappa shape index (κ3) is 6.00. The van der Waals surface area contributed by atoms with Crippen LogP contribution in [-0.4, -0.2) is 31.8 Å². The predicted molar refractivity (Wildman–Crippen MR) is 100 cm³/mol. The molecule has 3 N–H and O–H groups in total. The van der Waals surface area contributed by atoms with Crippen molar-refractivity contribution in [3.05, 3.63) is 29.3 Å². The lowest BCUT2D eigenvalue weighted by molar-refractivity contribution is 0.140. The van der Waals surface area contributed by atoms with E-state index in [0.717, 1.165) is 37.3 Å². The Kier molecular flexibility index (Phi) is 8.55. The van der Waals surface area contributed by atoms with Gasteiger partial charge in [-0.3, -0.25) is 0 Å². The number of aliphatic imine (C=N–C) groups is 1. The number of rotatable bonds is 6. The van der Waals surface area contributed by atoms with Crippen molar-refractivity contribution in [2.75, 3.05) is 19.8 Å². The number of guanidine groups is 1. The summed E-state index contributed by atoms with van der Waals surface area (Å²) in [5.41, 5.74) is 8.05. The average molecular weight is 419 g/mol. The highest BCUT2D eigenvalue weighted by Gasteiger charge is 2.18. The third-order valence-electron chi connectivity index (χ3n) is 3.38. The Bertz CT molecular complexity index is 488. The van der Waals surface area contributed by atoms with Crippen LogP contribution in [0.2, 0.25) is 0 Å². The number of nitrogens with two attached hydrogens (primary N) is 1. The second-order valence-electron chi connectivity index (χ2n) is 5.34. The second kappa shape index (κ2) is 9.89. The minimum absolute atomic E-state index is 0. The first-order chi connectivity index (χ1) is 10.2. The van der Waals surface area contributed by atoms with Crippen LogP contribution in [0.5, 0.6) is 5.75 Å². The molecule has 6 heteroatoms. The van der Waals surface area contributed by atoms with Crippen LogP contribution in [0.1, 0.15) is 30.9 Å². The summed E-state index contributed by atoms with van der Waals surface area (Å²) >= 11 is 0. The lowest BCUT2D eigenvalue weighted by Crippen LogP contribution is -2.32. The van der Waals surface area contributed by atoms with Gasteiger partial charge in [0.1, 0.15) is 11.9 Å². The maximum atomic E-state index is 6.05. The molecule has 1 aliphatic heterocycles. The van der Waals surface area contributed by atoms with Crippen molar-refractivity contribution in [1.29, 1.82) is 0 Å². The van der Waals surface area contributed by atoms with Crippen LogP contribution in [0.3, 0.4) is 0 Å². The van der Waals surface area contributed by atoms with Gasteiger partial charge in [-0.05, 0) is 25.0 Å². The molecule has 1 heterocycles. The van der Waals surface area contributed by atoms with E-state index in [9.17, 15) is 0 Å². The number of nitrogens with zero attached hydrogens (tertiary/aromatic N) is 1. The molecule has 1 aliphatic rings. The lowest BCUT2D eigenvalue weighted by Gasteiger charge is -2.15. The fourth-order valence-corrected chi connectivity index (χ4v) is 2.17. The fourth-order valence-electron chi connectivity index (χ4n) is 2.17. The summed E-state index contributed by atoms with van der Waals surface area (Å²) in [4.78, 5) is 4.37. The molecular formula is C16H26IN3O2. The van der Waals surface area contributed by atoms with Crippen LogP contribution in [0.15, 0.2) is 23.2 Å². The zero-order valence-corrected chi connectivity index (χ0v) is 15.6. The highest BCUT2D eigenvalue weighted by molar-refractivity contribution is 14.0. The van der Waals surface area contributed by atoms with E-state index < -0.39 is 0 Å². The SMILES string of the molecule is CCCNC(N)=NCc1ccc(C)cc1OC1CCOC1.I. The van der Waals surface area contributed by atoms with Gasteiger partial charge in [0, 0.05) is 18.5 Å². The van der Waals surface area contributed by atoms with Crippen LogP contribution in [0.4, 0.5) is 0 Å². The predicted octanol–water partition coefficient (Wildman–Crippen LogP) is 2.60. The number of nitrogens with one attached hydrogen (secondary N) is 1. The van der Waals surface area contributed by atoms with Crippen molar-refractivity contribution in [3.8, 4) is 5.75 Å². The van der Waals surface area contributed by atoms with Crippen LogP contribution >= 0.6 is 24.0 Å². The fraction of sp³-hybridized carbons (Fsp3) is 0.562. The zero-order chi connectivity index (χ0) is 15.1. The van der Waals surface area contributed by atoms with E-state index in [0.29, 0.717) is 19.1 Å². The van der Waals surface area contributed by atoms with Gasteiger partial charge in [-0.15, -0.1) is 24.0 Å². The molecule has 0 aromatic heterocycles. The molecule has 2 rings (SSSR count). The minimum atomic E-state index is 0. The molecule has 1 saturated heterocycles. The smallest absolute Gasteiger partial charge is 0.188 e. The summed E-state index contributed by atoms with van der Waals surface area (Å²) in [7, 11) is 0. The first kappa shape index (κ1) is 19.0. The first-order valence-electron chi connectivity index (χ1n) is 7.56. The molecule has 22 heavy (non-hydrogen) atoms. The summed E-state index contributed by atoms with van der Waals surface area (Å²) in [6, 6.07) is 6.18. The summed E-state index contributed by atoms with van der Waals surface area (Å²) < 4.78 is 11.4. The van der Waals surface area contributed by atoms with Gasteiger partial charge in [-0.1, -0.05) is 19.1 Å². The Hall–Kier alpha value is -1.02. The Morgan fingerprint density at radius 3 is 3.00 bits per heavy atom. The molecule has 1 aromatic carbocycles. The normalized spacial score (nSPS) is 17.9.